The Bertz CT molecular complexity index is 613. The second-order valence-electron chi connectivity index (χ2n) is 6.31. The Morgan fingerprint density at radius 1 is 0.773 bits per heavy atom. The Morgan fingerprint density at radius 3 is 1.82 bits per heavy atom. The molecule has 0 heterocycles. The van der Waals surface area contributed by atoms with Crippen molar-refractivity contribution in [2.24, 2.45) is 0 Å². The maximum atomic E-state index is 6.09. The third kappa shape index (κ3) is 5.34. The summed E-state index contributed by atoms with van der Waals surface area (Å²) in [5, 5.41) is 1.81. The van der Waals surface area contributed by atoms with E-state index in [4.69, 9.17) is 23.2 Å². The van der Waals surface area contributed by atoms with E-state index < -0.39 is 0 Å². The minimum absolute atomic E-state index is 0.516. The van der Waals surface area contributed by atoms with Crippen LogP contribution in [0.1, 0.15) is 61.8 Å². The minimum atomic E-state index is 0.516. The standard InChI is InChI=1S/2C10H13Cl/c1-7(2)9-5-4-8(3)6-10(9)11;1-7(2)9-6-4-5-8(3)10(9)11/h2*4-7H,1-3H3. The molecule has 0 aromatic heterocycles. The summed E-state index contributed by atoms with van der Waals surface area (Å²) in [6, 6.07) is 12.4. The van der Waals surface area contributed by atoms with Gasteiger partial charge in [-0.15, -0.1) is 0 Å². The van der Waals surface area contributed by atoms with Crippen molar-refractivity contribution >= 4 is 23.2 Å². The molecule has 0 atom stereocenters. The van der Waals surface area contributed by atoms with E-state index in [-0.39, 0.29) is 0 Å². The van der Waals surface area contributed by atoms with Crippen molar-refractivity contribution in [2.45, 2.75) is 53.4 Å². The Labute approximate surface area is 145 Å². The first-order valence-electron chi connectivity index (χ1n) is 7.75. The van der Waals surface area contributed by atoms with Gasteiger partial charge in [0.25, 0.3) is 0 Å². The van der Waals surface area contributed by atoms with Gasteiger partial charge in [0, 0.05) is 10.0 Å². The molecule has 2 heteroatoms. The van der Waals surface area contributed by atoms with Gasteiger partial charge in [-0.3, -0.25) is 0 Å². The van der Waals surface area contributed by atoms with Gasteiger partial charge in [-0.05, 0) is 54.0 Å². The normalized spacial score (nSPS) is 10.6. The molecule has 0 saturated carbocycles. The van der Waals surface area contributed by atoms with Crippen LogP contribution in [0.15, 0.2) is 36.4 Å². The number of hydrogen-bond acceptors (Lipinski definition) is 0. The van der Waals surface area contributed by atoms with Gasteiger partial charge in [0.1, 0.15) is 0 Å². The molecule has 0 aliphatic rings. The van der Waals surface area contributed by atoms with Gasteiger partial charge >= 0.3 is 0 Å². The number of rotatable bonds is 2. The zero-order valence-corrected chi connectivity index (χ0v) is 15.9. The molecule has 22 heavy (non-hydrogen) atoms. The van der Waals surface area contributed by atoms with Crippen molar-refractivity contribution in [1.29, 1.82) is 0 Å². The highest BCUT2D eigenvalue weighted by Gasteiger charge is 2.05. The average Bonchev–Trinajstić information content (AvgIpc) is 2.41. The number of aryl methyl sites for hydroxylation is 2. The average molecular weight is 337 g/mol. The Balaban J connectivity index is 0.000000220. The molecule has 0 aliphatic carbocycles. The SMILES string of the molecule is Cc1ccc(C(C)C)c(Cl)c1.Cc1cccc(C(C)C)c1Cl. The van der Waals surface area contributed by atoms with E-state index in [0.717, 1.165) is 15.6 Å². The van der Waals surface area contributed by atoms with Gasteiger partial charge in [-0.2, -0.15) is 0 Å². The van der Waals surface area contributed by atoms with Crippen LogP contribution in [-0.2, 0) is 0 Å². The molecule has 0 N–H and O–H groups in total. The summed E-state index contributed by atoms with van der Waals surface area (Å²) in [4.78, 5) is 0. The summed E-state index contributed by atoms with van der Waals surface area (Å²) in [6.07, 6.45) is 0. The summed E-state index contributed by atoms with van der Waals surface area (Å²) in [6.45, 7) is 12.7. The van der Waals surface area contributed by atoms with E-state index in [0.29, 0.717) is 11.8 Å². The Morgan fingerprint density at radius 2 is 1.36 bits per heavy atom. The van der Waals surface area contributed by atoms with Gasteiger partial charge in [0.2, 0.25) is 0 Å². The summed E-state index contributed by atoms with van der Waals surface area (Å²) in [5.74, 6) is 1.03. The van der Waals surface area contributed by atoms with Crippen LogP contribution in [0, 0.1) is 13.8 Å². The zero-order chi connectivity index (χ0) is 16.9. The summed E-state index contributed by atoms with van der Waals surface area (Å²) < 4.78 is 0. The fourth-order valence-electron chi connectivity index (χ4n) is 2.22. The summed E-state index contributed by atoms with van der Waals surface area (Å²) in [5.41, 5.74) is 4.86. The first kappa shape index (κ1) is 19.1. The molecular formula is C20H26Cl2. The topological polar surface area (TPSA) is 0 Å². The molecule has 120 valence electrons. The lowest BCUT2D eigenvalue weighted by molar-refractivity contribution is 0.865. The van der Waals surface area contributed by atoms with Crippen LogP contribution < -0.4 is 0 Å². The third-order valence-corrected chi connectivity index (χ3v) is 4.47. The van der Waals surface area contributed by atoms with Crippen molar-refractivity contribution in [3.05, 3.63) is 68.7 Å². The Hall–Kier alpha value is -0.980. The molecule has 0 bridgehead atoms. The lowest BCUT2D eigenvalue weighted by atomic mass is 10.0. The van der Waals surface area contributed by atoms with Gasteiger partial charge < -0.3 is 0 Å². The summed E-state index contributed by atoms with van der Waals surface area (Å²) in [7, 11) is 0. The predicted octanol–water partition coefficient (Wildman–Crippen LogP) is 7.54. The molecule has 0 nitrogen and oxygen atoms in total. The Kier molecular flexibility index (Phi) is 7.45. The second kappa shape index (κ2) is 8.60. The molecule has 2 rings (SSSR count). The highest BCUT2D eigenvalue weighted by molar-refractivity contribution is 6.32. The van der Waals surface area contributed by atoms with Crippen LogP contribution in [0.25, 0.3) is 0 Å². The van der Waals surface area contributed by atoms with E-state index in [1.165, 1.54) is 16.7 Å². The lowest BCUT2D eigenvalue weighted by Gasteiger charge is -2.08. The number of halogens is 2. The van der Waals surface area contributed by atoms with Crippen LogP contribution in [-0.4, -0.2) is 0 Å². The molecule has 0 spiro atoms. The summed E-state index contributed by atoms with van der Waals surface area (Å²) >= 11 is 12.1. The zero-order valence-electron chi connectivity index (χ0n) is 14.4. The minimum Gasteiger partial charge on any atom is -0.0840 e. The molecule has 0 unspecified atom stereocenters. The largest absolute Gasteiger partial charge is 0.0840 e. The highest BCUT2D eigenvalue weighted by atomic mass is 35.5. The van der Waals surface area contributed by atoms with Crippen LogP contribution in [0.5, 0.6) is 0 Å². The van der Waals surface area contributed by atoms with Crippen LogP contribution in [0.3, 0.4) is 0 Å². The fraction of sp³-hybridized carbons (Fsp3) is 0.400. The van der Waals surface area contributed by atoms with Gasteiger partial charge in [-0.1, -0.05) is 81.2 Å². The molecule has 2 aromatic carbocycles. The molecule has 0 radical (unpaired) electrons. The maximum absolute atomic E-state index is 6.09. The number of hydrogen-bond donors (Lipinski definition) is 0. The van der Waals surface area contributed by atoms with Crippen molar-refractivity contribution in [3.63, 3.8) is 0 Å². The lowest BCUT2D eigenvalue weighted by Crippen LogP contribution is -1.89. The molecule has 2 aromatic rings. The van der Waals surface area contributed by atoms with E-state index in [9.17, 15) is 0 Å². The molecule has 0 saturated heterocycles. The van der Waals surface area contributed by atoms with E-state index in [1.54, 1.807) is 0 Å². The molecule has 0 aliphatic heterocycles. The van der Waals surface area contributed by atoms with Crippen LogP contribution >= 0.6 is 23.2 Å². The molecule has 0 fully saturated rings. The second-order valence-corrected chi connectivity index (χ2v) is 7.10. The number of benzene rings is 2. The van der Waals surface area contributed by atoms with E-state index in [2.05, 4.69) is 58.9 Å². The van der Waals surface area contributed by atoms with Gasteiger partial charge in [-0.25, -0.2) is 0 Å². The molecule has 0 amide bonds. The van der Waals surface area contributed by atoms with Gasteiger partial charge in [0.05, 0.1) is 0 Å². The first-order chi connectivity index (χ1) is 10.2. The van der Waals surface area contributed by atoms with Crippen molar-refractivity contribution in [1.82, 2.24) is 0 Å². The van der Waals surface area contributed by atoms with Gasteiger partial charge in [0.15, 0.2) is 0 Å². The van der Waals surface area contributed by atoms with Crippen molar-refractivity contribution in [2.75, 3.05) is 0 Å². The van der Waals surface area contributed by atoms with Crippen LogP contribution in [0.4, 0.5) is 0 Å². The fourth-order valence-corrected chi connectivity index (χ4v) is 3.01. The smallest absolute Gasteiger partial charge is 0.0469 e. The van der Waals surface area contributed by atoms with E-state index >= 15 is 0 Å². The quantitative estimate of drug-likeness (QED) is 0.531. The van der Waals surface area contributed by atoms with E-state index in [1.807, 2.05) is 19.1 Å². The van der Waals surface area contributed by atoms with Crippen molar-refractivity contribution < 1.29 is 0 Å². The van der Waals surface area contributed by atoms with Crippen molar-refractivity contribution in [3.8, 4) is 0 Å². The first-order valence-corrected chi connectivity index (χ1v) is 8.50. The van der Waals surface area contributed by atoms with Crippen LogP contribution in [0.2, 0.25) is 10.0 Å². The molecular weight excluding hydrogens is 311 g/mol. The third-order valence-electron chi connectivity index (χ3n) is 3.62. The maximum Gasteiger partial charge on any atom is 0.0469 e. The monoisotopic (exact) mass is 336 g/mol. The predicted molar refractivity (Wildman–Crippen MR) is 101 cm³/mol. The highest BCUT2D eigenvalue weighted by Crippen LogP contribution is 2.26.